The normalized spacial score (nSPS) is 11.6. The lowest BCUT2D eigenvalue weighted by Crippen LogP contribution is -2.06. The molecule has 5 aromatic heterocycles. The molecule has 58 heavy (non-hydrogen) atoms. The van der Waals surface area contributed by atoms with Crippen molar-refractivity contribution in [1.82, 2.24) is 44.0 Å². The molecule has 0 fully saturated rings. The molecule has 0 saturated carbocycles. The molecule has 5 aromatic carbocycles. The van der Waals surface area contributed by atoms with E-state index in [1.807, 2.05) is 59.7 Å². The molecule has 0 atom stereocenters. The first kappa shape index (κ1) is 34.8. The van der Waals surface area contributed by atoms with E-state index in [4.69, 9.17) is 19.9 Å². The van der Waals surface area contributed by atoms with E-state index >= 15 is 0 Å². The van der Waals surface area contributed by atoms with Crippen molar-refractivity contribution >= 4 is 43.6 Å². The zero-order chi connectivity index (χ0) is 39.8. The summed E-state index contributed by atoms with van der Waals surface area (Å²) >= 11 is 0. The van der Waals surface area contributed by atoms with E-state index in [1.165, 1.54) is 0 Å². The number of aryl methyl sites for hydroxylation is 6. The number of nitriles is 1. The largest absolute Gasteiger partial charge is 0.307 e. The summed E-state index contributed by atoms with van der Waals surface area (Å²) in [5, 5.41) is 15.3. The fourth-order valence-corrected chi connectivity index (χ4v) is 8.48. The number of rotatable bonds is 5. The van der Waals surface area contributed by atoms with Crippen molar-refractivity contribution in [1.29, 1.82) is 5.26 Å². The van der Waals surface area contributed by atoms with E-state index in [9.17, 15) is 5.26 Å². The minimum absolute atomic E-state index is 0.548. The molecule has 0 amide bonds. The summed E-state index contributed by atoms with van der Waals surface area (Å²) in [6.45, 7) is 11.5. The molecule has 0 aliphatic heterocycles. The van der Waals surface area contributed by atoms with E-state index in [2.05, 4.69) is 121 Å². The lowest BCUT2D eigenvalue weighted by atomic mass is 9.97. The van der Waals surface area contributed by atoms with Gasteiger partial charge in [0.05, 0.1) is 45.1 Å². The summed E-state index contributed by atoms with van der Waals surface area (Å²) in [7, 11) is 0. The lowest BCUT2D eigenvalue weighted by Gasteiger charge is -2.20. The quantitative estimate of drug-likeness (QED) is 0.170. The van der Waals surface area contributed by atoms with Crippen LogP contribution in [0.5, 0.6) is 0 Å². The highest BCUT2D eigenvalue weighted by atomic mass is 15.1. The Kier molecular flexibility index (Phi) is 7.95. The molecule has 0 unspecified atom stereocenters. The number of fused-ring (bicyclic) bond motifs is 6. The minimum Gasteiger partial charge on any atom is -0.307 e. The maximum absolute atomic E-state index is 11.0. The fraction of sp³-hybridized carbons (Fsp3) is 0.125. The molecule has 0 bridgehead atoms. The van der Waals surface area contributed by atoms with Crippen LogP contribution in [0.15, 0.2) is 109 Å². The third kappa shape index (κ3) is 5.67. The molecule has 10 heteroatoms. The predicted octanol–water partition coefficient (Wildman–Crippen LogP) is 10.4. The summed E-state index contributed by atoms with van der Waals surface area (Å²) in [6, 6.07) is 40.5. The smallest absolute Gasteiger partial charge is 0.163 e. The van der Waals surface area contributed by atoms with E-state index in [1.54, 1.807) is 0 Å². The number of nitrogens with zero attached hydrogens (tertiary/aromatic N) is 10. The molecule has 0 N–H and O–H groups in total. The Morgan fingerprint density at radius 3 is 1.31 bits per heavy atom. The number of para-hydroxylation sites is 2. The molecule has 10 nitrogen and oxygen atoms in total. The average molecular weight is 753 g/mol. The standard InChI is InChI=1S/C48H36N10/c1-26-19-34(20-27(2)50-26)40-24-46(58-42-14-10-8-12-37(42)39-18-16-33(22-44(39)58)48-55-30(5)52-31(6)56-48)45(23-35(40)25-49)57-41-13-9-7-11-36(41)38-17-15-32(21-43(38)57)47-53-28(3)51-29(4)54-47/h7-24H,1-6H3. The summed E-state index contributed by atoms with van der Waals surface area (Å²) in [5.74, 6) is 3.88. The second-order valence-electron chi connectivity index (χ2n) is 14.8. The number of hydrogen-bond donors (Lipinski definition) is 0. The van der Waals surface area contributed by atoms with Gasteiger partial charge in [0.1, 0.15) is 23.3 Å². The van der Waals surface area contributed by atoms with Crippen molar-refractivity contribution in [3.8, 4) is 51.3 Å². The zero-order valence-corrected chi connectivity index (χ0v) is 32.9. The molecule has 0 radical (unpaired) electrons. The van der Waals surface area contributed by atoms with Gasteiger partial charge in [0.25, 0.3) is 0 Å². The first-order chi connectivity index (χ1) is 28.1. The van der Waals surface area contributed by atoms with E-state index < -0.39 is 0 Å². The van der Waals surface area contributed by atoms with Gasteiger partial charge >= 0.3 is 0 Å². The van der Waals surface area contributed by atoms with Crippen LogP contribution < -0.4 is 0 Å². The van der Waals surface area contributed by atoms with Gasteiger partial charge in [0.15, 0.2) is 11.6 Å². The third-order valence-electron chi connectivity index (χ3n) is 10.7. The topological polar surface area (TPSA) is 124 Å². The first-order valence-electron chi connectivity index (χ1n) is 19.1. The van der Waals surface area contributed by atoms with Crippen LogP contribution in [0.2, 0.25) is 0 Å². The van der Waals surface area contributed by atoms with Crippen molar-refractivity contribution < 1.29 is 0 Å². The van der Waals surface area contributed by atoms with Gasteiger partial charge in [-0.15, -0.1) is 0 Å². The SMILES string of the molecule is Cc1cc(-c2cc(-n3c4ccccc4c4ccc(-c5nc(C)nc(C)n5)cc43)c(-n3c4ccccc4c4ccc(-c5nc(C)nc(C)n5)cc43)cc2C#N)cc(C)n1. The highest BCUT2D eigenvalue weighted by Gasteiger charge is 2.23. The van der Waals surface area contributed by atoms with Gasteiger partial charge in [-0.2, -0.15) is 5.26 Å². The van der Waals surface area contributed by atoms with Crippen LogP contribution in [-0.4, -0.2) is 44.0 Å². The van der Waals surface area contributed by atoms with Crippen molar-refractivity contribution in [2.24, 2.45) is 0 Å². The fourth-order valence-electron chi connectivity index (χ4n) is 8.48. The van der Waals surface area contributed by atoms with Crippen LogP contribution in [0.1, 0.15) is 40.2 Å². The Bertz CT molecular complexity index is 3320. The Balaban J connectivity index is 1.36. The summed E-state index contributed by atoms with van der Waals surface area (Å²) < 4.78 is 4.60. The highest BCUT2D eigenvalue weighted by molar-refractivity contribution is 6.12. The van der Waals surface area contributed by atoms with Crippen LogP contribution >= 0.6 is 0 Å². The molecule has 10 rings (SSSR count). The van der Waals surface area contributed by atoms with E-state index in [0.717, 1.165) is 88.6 Å². The zero-order valence-electron chi connectivity index (χ0n) is 32.9. The Morgan fingerprint density at radius 2 is 0.845 bits per heavy atom. The van der Waals surface area contributed by atoms with E-state index in [0.29, 0.717) is 40.5 Å². The van der Waals surface area contributed by atoms with Gasteiger partial charge in [0.2, 0.25) is 0 Å². The number of benzene rings is 5. The Morgan fingerprint density at radius 1 is 0.414 bits per heavy atom. The van der Waals surface area contributed by atoms with Crippen molar-refractivity contribution in [2.45, 2.75) is 41.5 Å². The molecular formula is C48H36N10. The maximum atomic E-state index is 11.0. The maximum Gasteiger partial charge on any atom is 0.163 e. The number of pyridine rings is 1. The Hall–Kier alpha value is -7.64. The third-order valence-corrected chi connectivity index (χ3v) is 10.7. The number of aromatic nitrogens is 9. The first-order valence-corrected chi connectivity index (χ1v) is 19.1. The van der Waals surface area contributed by atoms with Crippen molar-refractivity contribution in [3.05, 3.63) is 149 Å². The molecular weight excluding hydrogens is 717 g/mol. The molecule has 10 aromatic rings. The predicted molar refractivity (Wildman–Crippen MR) is 229 cm³/mol. The van der Waals surface area contributed by atoms with Crippen LogP contribution in [0.25, 0.3) is 88.9 Å². The molecule has 0 aliphatic rings. The summed E-state index contributed by atoms with van der Waals surface area (Å²) in [4.78, 5) is 32.5. The monoisotopic (exact) mass is 752 g/mol. The molecule has 0 spiro atoms. The van der Waals surface area contributed by atoms with Crippen molar-refractivity contribution in [3.63, 3.8) is 0 Å². The second-order valence-corrected chi connectivity index (χ2v) is 14.8. The van der Waals surface area contributed by atoms with Crippen molar-refractivity contribution in [2.75, 3.05) is 0 Å². The van der Waals surface area contributed by atoms with Gasteiger partial charge in [0, 0.05) is 49.6 Å². The second kappa shape index (κ2) is 13.2. The summed E-state index contributed by atoms with van der Waals surface area (Å²) in [5.41, 5.74) is 11.5. The van der Waals surface area contributed by atoms with Crippen LogP contribution in [-0.2, 0) is 0 Å². The lowest BCUT2D eigenvalue weighted by molar-refractivity contribution is 0.928. The van der Waals surface area contributed by atoms with Crippen LogP contribution in [0, 0.1) is 52.9 Å². The van der Waals surface area contributed by atoms with Gasteiger partial charge in [-0.3, -0.25) is 4.98 Å². The molecule has 5 heterocycles. The molecule has 0 saturated heterocycles. The summed E-state index contributed by atoms with van der Waals surface area (Å²) in [6.07, 6.45) is 0. The van der Waals surface area contributed by atoms with Gasteiger partial charge < -0.3 is 9.13 Å². The van der Waals surface area contributed by atoms with Gasteiger partial charge in [-0.25, -0.2) is 29.9 Å². The minimum atomic E-state index is 0.548. The van der Waals surface area contributed by atoms with Crippen LogP contribution in [0.3, 0.4) is 0 Å². The Labute approximate surface area is 334 Å². The molecule has 0 aliphatic carbocycles. The van der Waals surface area contributed by atoms with Gasteiger partial charge in [-0.1, -0.05) is 60.7 Å². The van der Waals surface area contributed by atoms with E-state index in [-0.39, 0.29) is 0 Å². The van der Waals surface area contributed by atoms with Crippen LogP contribution in [0.4, 0.5) is 0 Å². The molecule has 278 valence electrons. The van der Waals surface area contributed by atoms with Gasteiger partial charge in [-0.05, 0) is 95.6 Å². The number of hydrogen-bond acceptors (Lipinski definition) is 8. The highest BCUT2D eigenvalue weighted by Crippen LogP contribution is 2.42. The average Bonchev–Trinajstić information content (AvgIpc) is 3.71.